The van der Waals surface area contributed by atoms with E-state index in [9.17, 15) is 0 Å². The van der Waals surface area contributed by atoms with Gasteiger partial charge in [0.2, 0.25) is 0 Å². The summed E-state index contributed by atoms with van der Waals surface area (Å²) in [7, 11) is 1.85. The molecule has 0 radical (unpaired) electrons. The van der Waals surface area contributed by atoms with Crippen molar-refractivity contribution in [2.75, 3.05) is 7.11 Å². The molecular formula is C18H28N2O. The summed E-state index contributed by atoms with van der Waals surface area (Å²) >= 11 is 0. The summed E-state index contributed by atoms with van der Waals surface area (Å²) < 4.78 is 5.94. The van der Waals surface area contributed by atoms with Gasteiger partial charge in [-0.15, -0.1) is 0 Å². The molecule has 0 heterocycles. The normalized spacial score (nSPS) is 25.5. The van der Waals surface area contributed by atoms with E-state index in [2.05, 4.69) is 29.7 Å². The molecule has 0 spiro atoms. The van der Waals surface area contributed by atoms with Crippen LogP contribution in [-0.2, 0) is 11.2 Å². The van der Waals surface area contributed by atoms with Crippen LogP contribution >= 0.6 is 0 Å². The summed E-state index contributed by atoms with van der Waals surface area (Å²) in [6.45, 7) is 0. The Labute approximate surface area is 128 Å². The molecule has 2 unspecified atom stereocenters. The van der Waals surface area contributed by atoms with Gasteiger partial charge < -0.3 is 4.74 Å². The minimum atomic E-state index is -0.0544. The number of ether oxygens (including phenoxy) is 1. The first-order valence-corrected chi connectivity index (χ1v) is 8.38. The fraction of sp³-hybridized carbons (Fsp3) is 0.667. The number of aryl methyl sites for hydroxylation is 1. The predicted molar refractivity (Wildman–Crippen MR) is 86.1 cm³/mol. The van der Waals surface area contributed by atoms with Crippen molar-refractivity contribution < 1.29 is 4.74 Å². The zero-order valence-corrected chi connectivity index (χ0v) is 13.1. The zero-order valence-electron chi connectivity index (χ0n) is 13.1. The third-order valence-electron chi connectivity index (χ3n) is 5.71. The Kier molecular flexibility index (Phi) is 4.63. The third kappa shape index (κ3) is 2.87. The second kappa shape index (κ2) is 6.47. The summed E-state index contributed by atoms with van der Waals surface area (Å²) in [5.74, 6) is 6.53. The summed E-state index contributed by atoms with van der Waals surface area (Å²) in [4.78, 5) is 0. The van der Waals surface area contributed by atoms with Crippen LogP contribution in [0.25, 0.3) is 0 Å². The van der Waals surface area contributed by atoms with E-state index in [0.29, 0.717) is 5.92 Å². The number of rotatable bonds is 5. The number of hydrogen-bond acceptors (Lipinski definition) is 3. The van der Waals surface area contributed by atoms with Gasteiger partial charge in [-0.3, -0.25) is 11.3 Å². The molecule has 3 N–H and O–H groups in total. The Morgan fingerprint density at radius 3 is 2.76 bits per heavy atom. The van der Waals surface area contributed by atoms with Gasteiger partial charge in [-0.2, -0.15) is 0 Å². The lowest BCUT2D eigenvalue weighted by Gasteiger charge is -2.39. The molecular weight excluding hydrogens is 260 g/mol. The van der Waals surface area contributed by atoms with Crippen LogP contribution in [0.5, 0.6) is 0 Å². The number of hydrazine groups is 1. The summed E-state index contributed by atoms with van der Waals surface area (Å²) in [5, 5.41) is 0. The van der Waals surface area contributed by atoms with Gasteiger partial charge in [0.1, 0.15) is 0 Å². The average molecular weight is 288 g/mol. The second-order valence-corrected chi connectivity index (χ2v) is 6.72. The van der Waals surface area contributed by atoms with Crippen molar-refractivity contribution in [1.82, 2.24) is 5.43 Å². The molecule has 1 aromatic carbocycles. The van der Waals surface area contributed by atoms with Gasteiger partial charge in [-0.05, 0) is 55.6 Å². The van der Waals surface area contributed by atoms with E-state index in [-0.39, 0.29) is 11.6 Å². The number of nitrogens with two attached hydrogens (primary N) is 1. The fourth-order valence-corrected chi connectivity index (χ4v) is 4.49. The summed E-state index contributed by atoms with van der Waals surface area (Å²) in [6.07, 6.45) is 9.65. The maximum atomic E-state index is 5.94. The van der Waals surface area contributed by atoms with Crippen molar-refractivity contribution in [3.8, 4) is 0 Å². The van der Waals surface area contributed by atoms with Crippen molar-refractivity contribution in [3.05, 3.63) is 35.4 Å². The Morgan fingerprint density at radius 2 is 2.05 bits per heavy atom. The number of benzene rings is 1. The standard InChI is InChI=1S/C18H28N2O/c1-21-18(11-4-5-12-18)17(20-19)13-15-9-6-8-14-7-2-3-10-16(14)15/h2-3,7,10,15,17,20H,4-6,8-9,11-13,19H2,1H3. The zero-order chi connectivity index (χ0) is 14.7. The molecule has 116 valence electrons. The lowest BCUT2D eigenvalue weighted by molar-refractivity contribution is -0.0399. The molecule has 2 atom stereocenters. The van der Waals surface area contributed by atoms with E-state index in [4.69, 9.17) is 10.6 Å². The average Bonchev–Trinajstić information content (AvgIpc) is 3.02. The van der Waals surface area contributed by atoms with Gasteiger partial charge in [-0.25, -0.2) is 0 Å². The molecule has 1 fully saturated rings. The smallest absolute Gasteiger partial charge is 0.0844 e. The molecule has 3 nitrogen and oxygen atoms in total. The number of nitrogens with one attached hydrogen (secondary N) is 1. The molecule has 2 aliphatic rings. The Balaban J connectivity index is 1.79. The fourth-order valence-electron chi connectivity index (χ4n) is 4.49. The van der Waals surface area contributed by atoms with Gasteiger partial charge >= 0.3 is 0 Å². The minimum absolute atomic E-state index is 0.0544. The van der Waals surface area contributed by atoms with Crippen LogP contribution in [0.4, 0.5) is 0 Å². The molecule has 0 aromatic heterocycles. The summed E-state index contributed by atoms with van der Waals surface area (Å²) in [5.41, 5.74) is 6.10. The SMILES string of the molecule is COC1(C(CC2CCCc3ccccc32)NN)CCCC1. The molecule has 3 rings (SSSR count). The number of fused-ring (bicyclic) bond motifs is 1. The van der Waals surface area contributed by atoms with Crippen molar-refractivity contribution in [2.45, 2.75) is 68.9 Å². The molecule has 21 heavy (non-hydrogen) atoms. The van der Waals surface area contributed by atoms with E-state index >= 15 is 0 Å². The topological polar surface area (TPSA) is 47.3 Å². The highest BCUT2D eigenvalue weighted by Gasteiger charge is 2.42. The first kappa shape index (κ1) is 15.0. The van der Waals surface area contributed by atoms with Gasteiger partial charge in [0.15, 0.2) is 0 Å². The maximum Gasteiger partial charge on any atom is 0.0844 e. The molecule has 1 aromatic rings. The largest absolute Gasteiger partial charge is 0.377 e. The molecule has 0 aliphatic heterocycles. The molecule has 3 heteroatoms. The maximum absolute atomic E-state index is 5.94. The highest BCUT2D eigenvalue weighted by Crippen LogP contribution is 2.41. The van der Waals surface area contributed by atoms with E-state index in [1.165, 1.54) is 43.2 Å². The van der Waals surface area contributed by atoms with Crippen molar-refractivity contribution >= 4 is 0 Å². The number of hydrogen-bond donors (Lipinski definition) is 2. The highest BCUT2D eigenvalue weighted by molar-refractivity contribution is 5.32. The van der Waals surface area contributed by atoms with Gasteiger partial charge in [0.05, 0.1) is 11.6 Å². The lowest BCUT2D eigenvalue weighted by Crippen LogP contribution is -2.53. The Morgan fingerprint density at radius 1 is 1.29 bits per heavy atom. The van der Waals surface area contributed by atoms with Crippen LogP contribution < -0.4 is 11.3 Å². The quantitative estimate of drug-likeness (QED) is 0.645. The molecule has 2 aliphatic carbocycles. The van der Waals surface area contributed by atoms with E-state index in [1.807, 2.05) is 7.11 Å². The monoisotopic (exact) mass is 288 g/mol. The second-order valence-electron chi connectivity index (χ2n) is 6.72. The minimum Gasteiger partial charge on any atom is -0.377 e. The van der Waals surface area contributed by atoms with Gasteiger partial charge in [0.25, 0.3) is 0 Å². The van der Waals surface area contributed by atoms with Crippen LogP contribution in [0.3, 0.4) is 0 Å². The van der Waals surface area contributed by atoms with Crippen LogP contribution in [0.2, 0.25) is 0 Å². The Hall–Kier alpha value is -0.900. The Bertz CT molecular complexity index is 468. The molecule has 1 saturated carbocycles. The van der Waals surface area contributed by atoms with Gasteiger partial charge in [-0.1, -0.05) is 37.1 Å². The van der Waals surface area contributed by atoms with Crippen LogP contribution in [-0.4, -0.2) is 18.8 Å². The molecule has 0 saturated heterocycles. The van der Waals surface area contributed by atoms with Crippen molar-refractivity contribution in [2.24, 2.45) is 5.84 Å². The third-order valence-corrected chi connectivity index (χ3v) is 5.71. The van der Waals surface area contributed by atoms with E-state index in [0.717, 1.165) is 19.3 Å². The molecule has 0 bridgehead atoms. The van der Waals surface area contributed by atoms with E-state index < -0.39 is 0 Å². The van der Waals surface area contributed by atoms with Gasteiger partial charge in [0, 0.05) is 7.11 Å². The van der Waals surface area contributed by atoms with Crippen molar-refractivity contribution in [1.29, 1.82) is 0 Å². The molecule has 0 amide bonds. The first-order chi connectivity index (χ1) is 10.3. The van der Waals surface area contributed by atoms with Crippen LogP contribution in [0.1, 0.15) is 62.0 Å². The van der Waals surface area contributed by atoms with Crippen LogP contribution in [0.15, 0.2) is 24.3 Å². The van der Waals surface area contributed by atoms with Crippen molar-refractivity contribution in [3.63, 3.8) is 0 Å². The number of methoxy groups -OCH3 is 1. The van der Waals surface area contributed by atoms with E-state index in [1.54, 1.807) is 0 Å². The predicted octanol–water partition coefficient (Wildman–Crippen LogP) is 3.29. The first-order valence-electron chi connectivity index (χ1n) is 8.38. The highest BCUT2D eigenvalue weighted by atomic mass is 16.5. The summed E-state index contributed by atoms with van der Waals surface area (Å²) in [6, 6.07) is 9.17. The van der Waals surface area contributed by atoms with Crippen LogP contribution in [0, 0.1) is 0 Å². The lowest BCUT2D eigenvalue weighted by atomic mass is 9.76.